The molecule has 1 aliphatic heterocycles. The van der Waals surface area contributed by atoms with Gasteiger partial charge >= 0.3 is 11.7 Å². The molecule has 2 bridgehead atoms. The van der Waals surface area contributed by atoms with E-state index in [-0.39, 0.29) is 17.8 Å². The van der Waals surface area contributed by atoms with Gasteiger partial charge in [0.2, 0.25) is 0 Å². The van der Waals surface area contributed by atoms with Crippen molar-refractivity contribution < 1.29 is 9.53 Å². The average Bonchev–Trinajstić information content (AvgIpc) is 3.05. The Balaban J connectivity index is 1.37. The second kappa shape index (κ2) is 7.78. The van der Waals surface area contributed by atoms with Crippen molar-refractivity contribution in [3.63, 3.8) is 0 Å². The Labute approximate surface area is 183 Å². The van der Waals surface area contributed by atoms with Crippen LogP contribution in [-0.2, 0) is 11.3 Å². The van der Waals surface area contributed by atoms with Crippen LogP contribution < -0.4 is 11.0 Å². The third kappa shape index (κ3) is 3.42. The van der Waals surface area contributed by atoms with Gasteiger partial charge in [0.05, 0.1) is 24.2 Å². The summed E-state index contributed by atoms with van der Waals surface area (Å²) in [6.45, 7) is 11.5. The summed E-state index contributed by atoms with van der Waals surface area (Å²) in [6, 6.07) is 7.45. The first-order valence-corrected chi connectivity index (χ1v) is 11.7. The molecular weight excluding hydrogens is 392 g/mol. The lowest BCUT2D eigenvalue weighted by Crippen LogP contribution is -2.61. The summed E-state index contributed by atoms with van der Waals surface area (Å²) >= 11 is 0. The molecule has 7 nitrogen and oxygen atoms in total. The molecule has 1 N–H and O–H groups in total. The second-order valence-electron chi connectivity index (χ2n) is 10.2. The number of nitrogens with zero attached hydrogens (tertiary/aromatic N) is 3. The predicted molar refractivity (Wildman–Crippen MR) is 120 cm³/mol. The van der Waals surface area contributed by atoms with Crippen LogP contribution in [0.25, 0.3) is 11.0 Å². The van der Waals surface area contributed by atoms with E-state index in [0.717, 1.165) is 44.8 Å². The smallest absolute Gasteiger partial charge is 0.337 e. The number of morpholine rings is 1. The first kappa shape index (κ1) is 20.8. The number of amides is 1. The summed E-state index contributed by atoms with van der Waals surface area (Å²) < 4.78 is 8.50. The third-order valence-electron chi connectivity index (χ3n) is 8.45. The molecule has 4 fully saturated rings. The number of fused-ring (bicyclic) bond motifs is 3. The molecule has 4 aliphatic rings. The van der Waals surface area contributed by atoms with Gasteiger partial charge in [0.1, 0.15) is 0 Å². The Morgan fingerprint density at radius 1 is 1.13 bits per heavy atom. The van der Waals surface area contributed by atoms with Crippen LogP contribution in [0.15, 0.2) is 29.1 Å². The Hall–Kier alpha value is -2.12. The highest BCUT2D eigenvalue weighted by atomic mass is 16.5. The molecule has 4 atom stereocenters. The summed E-state index contributed by atoms with van der Waals surface area (Å²) in [5, 5.41) is 3.22. The summed E-state index contributed by atoms with van der Waals surface area (Å²) in [5.74, 6) is 1.73. The second-order valence-corrected chi connectivity index (χ2v) is 10.2. The van der Waals surface area contributed by atoms with Gasteiger partial charge in [-0.3, -0.25) is 9.47 Å². The van der Waals surface area contributed by atoms with Gasteiger partial charge in [0.15, 0.2) is 0 Å². The molecule has 2 heterocycles. The van der Waals surface area contributed by atoms with Gasteiger partial charge in [-0.05, 0) is 48.1 Å². The standard InChI is InChI=1S/C24H34N4O3/c1-16-18-14-17(24(18,2)3)15-19(16)25-22(29)28-21-7-5-4-6-20(21)27(23(28)30)9-8-26-10-12-31-13-11-26/h4-7,16-19H,8-15H2,1-3H3,(H,25,29)/t16-,17-,18+,19+/m1/s1. The molecular formula is C24H34N4O3. The van der Waals surface area contributed by atoms with Crippen molar-refractivity contribution in [2.45, 2.75) is 46.2 Å². The van der Waals surface area contributed by atoms with Crippen molar-refractivity contribution in [3.05, 3.63) is 34.7 Å². The quantitative estimate of drug-likeness (QED) is 0.816. The Kier molecular flexibility index (Phi) is 5.21. The average molecular weight is 427 g/mol. The Morgan fingerprint density at radius 2 is 1.84 bits per heavy atom. The SMILES string of the molecule is C[C@H]1[C@@H](NC(=O)n2c(=O)n(CCN3CCOCC3)c3ccccc32)C[C@H]2C[C@@H]1C2(C)C. The molecule has 0 unspecified atom stereocenters. The highest BCUT2D eigenvalue weighted by Crippen LogP contribution is 2.61. The van der Waals surface area contributed by atoms with Crippen LogP contribution in [0.2, 0.25) is 0 Å². The summed E-state index contributed by atoms with van der Waals surface area (Å²) in [4.78, 5) is 28.9. The minimum atomic E-state index is -0.290. The number of rotatable bonds is 4. The molecule has 168 valence electrons. The van der Waals surface area contributed by atoms with E-state index in [1.165, 1.54) is 11.0 Å². The molecule has 1 saturated heterocycles. The molecule has 7 heteroatoms. The van der Waals surface area contributed by atoms with Gasteiger partial charge in [-0.1, -0.05) is 32.9 Å². The van der Waals surface area contributed by atoms with Crippen molar-refractivity contribution in [1.29, 1.82) is 0 Å². The van der Waals surface area contributed by atoms with E-state index < -0.39 is 0 Å². The van der Waals surface area contributed by atoms with E-state index in [1.54, 1.807) is 4.57 Å². The molecule has 0 radical (unpaired) electrons. The van der Waals surface area contributed by atoms with Crippen LogP contribution in [0, 0.1) is 23.2 Å². The normalized spacial score (nSPS) is 30.2. The summed E-state index contributed by atoms with van der Waals surface area (Å²) in [6.07, 6.45) is 2.27. The van der Waals surface area contributed by atoms with E-state index in [0.29, 0.717) is 35.2 Å². The van der Waals surface area contributed by atoms with Crippen LogP contribution in [0.3, 0.4) is 0 Å². The predicted octanol–water partition coefficient (Wildman–Crippen LogP) is 2.76. The maximum atomic E-state index is 13.3. The van der Waals surface area contributed by atoms with E-state index in [9.17, 15) is 9.59 Å². The Morgan fingerprint density at radius 3 is 2.52 bits per heavy atom. The number of hydrogen-bond donors (Lipinski definition) is 1. The zero-order valence-corrected chi connectivity index (χ0v) is 18.8. The largest absolute Gasteiger partial charge is 0.379 e. The lowest BCUT2D eigenvalue weighted by Gasteiger charge is -2.62. The number of nitrogens with one attached hydrogen (secondary N) is 1. The van der Waals surface area contributed by atoms with Gasteiger partial charge in [0.25, 0.3) is 0 Å². The maximum Gasteiger partial charge on any atom is 0.337 e. The van der Waals surface area contributed by atoms with Gasteiger partial charge in [-0.2, -0.15) is 0 Å². The van der Waals surface area contributed by atoms with Crippen LogP contribution in [0.1, 0.15) is 33.6 Å². The van der Waals surface area contributed by atoms with Crippen LogP contribution in [0.4, 0.5) is 4.79 Å². The molecule has 6 rings (SSSR count). The molecule has 3 saturated carbocycles. The van der Waals surface area contributed by atoms with Crippen molar-refractivity contribution >= 4 is 17.1 Å². The van der Waals surface area contributed by atoms with Gasteiger partial charge in [-0.15, -0.1) is 0 Å². The minimum absolute atomic E-state index is 0.131. The number of carbonyl (C=O) groups excluding carboxylic acids is 1. The molecule has 2 aromatic rings. The number of ether oxygens (including phenoxy) is 1. The van der Waals surface area contributed by atoms with Crippen LogP contribution in [-0.4, -0.2) is 59.0 Å². The fourth-order valence-electron chi connectivity index (χ4n) is 6.25. The van der Waals surface area contributed by atoms with E-state index >= 15 is 0 Å². The highest BCUT2D eigenvalue weighted by molar-refractivity contribution is 5.89. The van der Waals surface area contributed by atoms with E-state index in [2.05, 4.69) is 31.0 Å². The lowest BCUT2D eigenvalue weighted by atomic mass is 9.45. The maximum absolute atomic E-state index is 13.3. The number of aromatic nitrogens is 2. The highest BCUT2D eigenvalue weighted by Gasteiger charge is 2.56. The van der Waals surface area contributed by atoms with Crippen LogP contribution >= 0.6 is 0 Å². The van der Waals surface area contributed by atoms with Crippen molar-refractivity contribution in [2.75, 3.05) is 32.8 Å². The van der Waals surface area contributed by atoms with E-state index in [4.69, 9.17) is 4.74 Å². The molecule has 1 aromatic heterocycles. The molecule has 3 aliphatic carbocycles. The fraction of sp³-hybridized carbons (Fsp3) is 0.667. The van der Waals surface area contributed by atoms with Gasteiger partial charge in [-0.25, -0.2) is 14.2 Å². The summed E-state index contributed by atoms with van der Waals surface area (Å²) in [5.41, 5.74) is 1.62. The zero-order chi connectivity index (χ0) is 21.8. The number of carbonyl (C=O) groups is 1. The minimum Gasteiger partial charge on any atom is -0.379 e. The number of hydrogen-bond acceptors (Lipinski definition) is 4. The molecule has 31 heavy (non-hydrogen) atoms. The summed E-state index contributed by atoms with van der Waals surface area (Å²) in [7, 11) is 0. The van der Waals surface area contributed by atoms with Crippen LogP contribution in [0.5, 0.6) is 0 Å². The number of imidazole rings is 1. The molecule has 1 amide bonds. The monoisotopic (exact) mass is 426 g/mol. The first-order valence-electron chi connectivity index (χ1n) is 11.7. The van der Waals surface area contributed by atoms with Gasteiger partial charge < -0.3 is 10.1 Å². The van der Waals surface area contributed by atoms with Crippen molar-refractivity contribution in [1.82, 2.24) is 19.4 Å². The molecule has 0 spiro atoms. The van der Waals surface area contributed by atoms with Gasteiger partial charge in [0, 0.05) is 32.2 Å². The topological polar surface area (TPSA) is 68.5 Å². The fourth-order valence-corrected chi connectivity index (χ4v) is 6.25. The number of para-hydroxylation sites is 2. The van der Waals surface area contributed by atoms with Crippen molar-refractivity contribution in [2.24, 2.45) is 23.2 Å². The number of benzene rings is 1. The Bertz CT molecular complexity index is 1030. The first-order chi connectivity index (χ1) is 14.9. The van der Waals surface area contributed by atoms with Crippen molar-refractivity contribution in [3.8, 4) is 0 Å². The zero-order valence-electron chi connectivity index (χ0n) is 18.8. The third-order valence-corrected chi connectivity index (χ3v) is 8.45. The molecule has 1 aromatic carbocycles. The van der Waals surface area contributed by atoms with E-state index in [1.807, 2.05) is 24.3 Å². The lowest BCUT2D eigenvalue weighted by molar-refractivity contribution is -0.112.